The number of aliphatic hydroxyl groups is 1. The Labute approximate surface area is 201 Å². The molecule has 2 fully saturated rings. The lowest BCUT2D eigenvalue weighted by Gasteiger charge is -2.30. The Hall–Kier alpha value is -2.59. The van der Waals surface area contributed by atoms with Crippen LogP contribution in [0.5, 0.6) is 0 Å². The van der Waals surface area contributed by atoms with Gasteiger partial charge in [-0.2, -0.15) is 10.4 Å². The summed E-state index contributed by atoms with van der Waals surface area (Å²) >= 11 is 0. The number of nitrogens with two attached hydrogens (primary N) is 1. The van der Waals surface area contributed by atoms with Gasteiger partial charge in [-0.25, -0.2) is 18.6 Å². The van der Waals surface area contributed by atoms with Gasteiger partial charge in [-0.1, -0.05) is 26.7 Å². The molecule has 4 rings (SSSR count). The minimum Gasteiger partial charge on any atom is -0.438 e. The lowest BCUT2D eigenvalue weighted by Crippen LogP contribution is -2.43. The Bertz CT molecular complexity index is 1160. The molecule has 2 aliphatic heterocycles. The molecular formula is C21H28N5O8P. The summed E-state index contributed by atoms with van der Waals surface area (Å²) < 4.78 is 41.2. The summed E-state index contributed by atoms with van der Waals surface area (Å²) in [5, 5.41) is 25.2. The first kappa shape index (κ1) is 25.5. The lowest BCUT2D eigenvalue weighted by atomic mass is 9.92. The number of nitriles is 1. The Kier molecular flexibility index (Phi) is 7.42. The van der Waals surface area contributed by atoms with Gasteiger partial charge in [0.1, 0.15) is 36.2 Å². The highest BCUT2D eigenvalue weighted by molar-refractivity contribution is 7.48. The number of hydrogen-bond donors (Lipinski definition) is 2. The molecule has 14 heteroatoms. The molecule has 2 aliphatic rings. The molecule has 0 radical (unpaired) electrons. The second-order valence-corrected chi connectivity index (χ2v) is 10.0. The van der Waals surface area contributed by atoms with E-state index in [1.165, 1.54) is 16.9 Å². The predicted octanol–water partition coefficient (Wildman–Crippen LogP) is 2.05. The number of anilines is 1. The van der Waals surface area contributed by atoms with Crippen LogP contribution in [0.15, 0.2) is 18.5 Å². The molecule has 4 heterocycles. The van der Waals surface area contributed by atoms with E-state index < -0.39 is 44.5 Å². The van der Waals surface area contributed by atoms with E-state index in [0.717, 1.165) is 12.8 Å². The zero-order valence-electron chi connectivity index (χ0n) is 19.4. The fraction of sp³-hybridized carbons (Fsp3) is 0.619. The van der Waals surface area contributed by atoms with Gasteiger partial charge in [0, 0.05) is 0 Å². The van der Waals surface area contributed by atoms with E-state index in [4.69, 9.17) is 28.8 Å². The topological polar surface area (TPSA) is 181 Å². The summed E-state index contributed by atoms with van der Waals surface area (Å²) in [5.74, 6) is -0.552. The van der Waals surface area contributed by atoms with Crippen LogP contribution < -0.4 is 5.73 Å². The minimum absolute atomic E-state index is 0.177. The third-order valence-corrected chi connectivity index (χ3v) is 7.52. The zero-order valence-corrected chi connectivity index (χ0v) is 20.3. The monoisotopic (exact) mass is 509 g/mol. The molecule has 0 saturated carbocycles. The molecule has 5 atom stereocenters. The second kappa shape index (κ2) is 10.2. The Morgan fingerprint density at radius 2 is 2.17 bits per heavy atom. The predicted molar refractivity (Wildman–Crippen MR) is 119 cm³/mol. The maximum Gasteiger partial charge on any atom is 0.478 e. The van der Waals surface area contributed by atoms with E-state index in [9.17, 15) is 19.7 Å². The highest BCUT2D eigenvalue weighted by Crippen LogP contribution is 2.58. The molecule has 0 spiro atoms. The number of esters is 1. The van der Waals surface area contributed by atoms with Crippen LogP contribution in [0.1, 0.15) is 45.2 Å². The normalized spacial score (nSPS) is 30.3. The quantitative estimate of drug-likeness (QED) is 0.286. The van der Waals surface area contributed by atoms with Gasteiger partial charge < -0.3 is 20.3 Å². The summed E-state index contributed by atoms with van der Waals surface area (Å²) in [4.78, 5) is 16.2. The van der Waals surface area contributed by atoms with Crippen LogP contribution in [0.2, 0.25) is 0 Å². The number of carbonyl (C=O) groups excluding carboxylic acids is 1. The van der Waals surface area contributed by atoms with E-state index in [1.807, 2.05) is 19.9 Å². The van der Waals surface area contributed by atoms with E-state index >= 15 is 0 Å². The van der Waals surface area contributed by atoms with E-state index in [1.54, 1.807) is 6.07 Å². The second-order valence-electron chi connectivity index (χ2n) is 8.41. The number of fused-ring (bicyclic) bond motifs is 2. The summed E-state index contributed by atoms with van der Waals surface area (Å²) in [5.41, 5.74) is 4.56. The maximum absolute atomic E-state index is 13.0. The molecule has 0 aliphatic carbocycles. The Balaban J connectivity index is 1.46. The van der Waals surface area contributed by atoms with Crippen molar-refractivity contribution < 1.29 is 37.5 Å². The summed E-state index contributed by atoms with van der Waals surface area (Å²) in [6.45, 7) is 3.02. The SMILES string of the molecule is CCCC(CCC)C(=O)OCO[P@@]1(=O)OC[C@H]2O[C@@](C#N)(c3ccc4c(N)ncnn34)[C@H](O)[C@@H]2O1. The molecule has 190 valence electrons. The van der Waals surface area contributed by atoms with Crippen LogP contribution in [0.25, 0.3) is 5.52 Å². The molecule has 13 nitrogen and oxygen atoms in total. The van der Waals surface area contributed by atoms with Gasteiger partial charge in [0.15, 0.2) is 5.82 Å². The van der Waals surface area contributed by atoms with Gasteiger partial charge in [-0.3, -0.25) is 13.8 Å². The third kappa shape index (κ3) is 4.65. The minimum atomic E-state index is -4.22. The summed E-state index contributed by atoms with van der Waals surface area (Å²) in [6, 6.07) is 5.11. The fourth-order valence-electron chi connectivity index (χ4n) is 4.42. The van der Waals surface area contributed by atoms with Gasteiger partial charge in [0.25, 0.3) is 0 Å². The molecule has 2 saturated heterocycles. The van der Waals surface area contributed by atoms with E-state index in [0.29, 0.717) is 18.4 Å². The zero-order chi connectivity index (χ0) is 25.2. The van der Waals surface area contributed by atoms with Crippen molar-refractivity contribution in [1.29, 1.82) is 5.26 Å². The molecule has 2 aromatic rings. The number of hydrogen-bond acceptors (Lipinski definition) is 12. The number of nitrogen functional groups attached to an aromatic ring is 1. The van der Waals surface area contributed by atoms with E-state index in [-0.39, 0.29) is 24.0 Å². The summed E-state index contributed by atoms with van der Waals surface area (Å²) in [6.07, 6.45) is 0.472. The van der Waals surface area contributed by atoms with Gasteiger partial charge in [0.05, 0.1) is 18.2 Å². The number of phosphoric ester groups is 1. The first-order valence-corrected chi connectivity index (χ1v) is 12.8. The van der Waals surface area contributed by atoms with Crippen molar-refractivity contribution in [3.8, 4) is 6.07 Å². The number of aromatic nitrogens is 3. The van der Waals surface area contributed by atoms with Crippen molar-refractivity contribution in [2.24, 2.45) is 5.92 Å². The first-order chi connectivity index (χ1) is 16.8. The number of nitrogens with zero attached hydrogens (tertiary/aromatic N) is 4. The highest BCUT2D eigenvalue weighted by Gasteiger charge is 2.62. The van der Waals surface area contributed by atoms with Crippen LogP contribution in [-0.4, -0.2) is 57.4 Å². The van der Waals surface area contributed by atoms with Crippen molar-refractivity contribution in [3.05, 3.63) is 24.2 Å². The first-order valence-electron chi connectivity index (χ1n) is 11.4. The largest absolute Gasteiger partial charge is 0.478 e. The van der Waals surface area contributed by atoms with Crippen molar-refractivity contribution in [3.63, 3.8) is 0 Å². The van der Waals surface area contributed by atoms with Gasteiger partial charge in [0.2, 0.25) is 12.4 Å². The van der Waals surface area contributed by atoms with Crippen LogP contribution in [0.3, 0.4) is 0 Å². The van der Waals surface area contributed by atoms with Crippen molar-refractivity contribution in [2.75, 3.05) is 19.1 Å². The van der Waals surface area contributed by atoms with Crippen LogP contribution in [0, 0.1) is 17.2 Å². The standard InChI is InChI=1S/C21H28N5O8P/c1-3-5-13(6-4-2)20(28)30-12-32-35(29)31-9-15-17(34-35)18(27)21(10-22,33-15)16-8-7-14-19(23)24-11-25-26(14)16/h7-8,11,13,15,17-18,27H,3-6,9,12H2,1-2H3,(H2,23,24,25)/t15-,17-,18-,21+,35-/m1/s1. The third-order valence-electron chi connectivity index (χ3n) is 6.13. The molecule has 3 N–H and O–H groups in total. The fourth-order valence-corrected chi connectivity index (χ4v) is 5.67. The molecule has 0 bridgehead atoms. The van der Waals surface area contributed by atoms with Crippen LogP contribution in [0.4, 0.5) is 5.82 Å². The average Bonchev–Trinajstić information content (AvgIpc) is 3.39. The smallest absolute Gasteiger partial charge is 0.438 e. The molecule has 0 unspecified atom stereocenters. The van der Waals surface area contributed by atoms with Gasteiger partial charge in [-0.05, 0) is 25.0 Å². The molecule has 0 amide bonds. The number of phosphoric acid groups is 1. The van der Waals surface area contributed by atoms with Crippen LogP contribution in [-0.2, 0) is 38.0 Å². The number of rotatable bonds is 9. The van der Waals surface area contributed by atoms with Crippen molar-refractivity contribution in [2.45, 2.75) is 63.4 Å². The Morgan fingerprint density at radius 3 is 2.86 bits per heavy atom. The van der Waals surface area contributed by atoms with Crippen LogP contribution >= 0.6 is 7.82 Å². The number of ether oxygens (including phenoxy) is 2. The number of carbonyl (C=O) groups is 1. The van der Waals surface area contributed by atoms with Gasteiger partial charge >= 0.3 is 13.8 Å². The van der Waals surface area contributed by atoms with Gasteiger partial charge in [-0.15, -0.1) is 0 Å². The highest BCUT2D eigenvalue weighted by atomic mass is 31.2. The van der Waals surface area contributed by atoms with E-state index in [2.05, 4.69) is 10.1 Å². The lowest BCUT2D eigenvalue weighted by molar-refractivity contribution is -0.158. The Morgan fingerprint density at radius 1 is 1.43 bits per heavy atom. The molecule has 2 aromatic heterocycles. The number of aliphatic hydroxyl groups excluding tert-OH is 1. The molecular weight excluding hydrogens is 481 g/mol. The summed E-state index contributed by atoms with van der Waals surface area (Å²) in [7, 11) is -4.22. The maximum atomic E-state index is 13.0. The van der Waals surface area contributed by atoms with Crippen molar-refractivity contribution in [1.82, 2.24) is 14.6 Å². The average molecular weight is 509 g/mol. The molecule has 35 heavy (non-hydrogen) atoms. The van der Waals surface area contributed by atoms with Crippen molar-refractivity contribution >= 4 is 25.1 Å². The molecule has 0 aromatic carbocycles.